The molecule has 4 aliphatic rings. The smallest absolute Gasteiger partial charge is 0.408 e. The molecule has 13 nitrogen and oxygen atoms in total. The predicted molar refractivity (Wildman–Crippen MR) is 181 cm³/mol. The maximum absolute atomic E-state index is 14.3. The van der Waals surface area contributed by atoms with Gasteiger partial charge in [-0.2, -0.15) is 0 Å². The average molecular weight is 696 g/mol. The van der Waals surface area contributed by atoms with E-state index in [1.807, 2.05) is 42.5 Å². The van der Waals surface area contributed by atoms with Gasteiger partial charge in [-0.3, -0.25) is 19.1 Å². The lowest BCUT2D eigenvalue weighted by molar-refractivity contribution is -0.141. The second kappa shape index (κ2) is 13.6. The first-order chi connectivity index (χ1) is 23.3. The van der Waals surface area contributed by atoms with Crippen molar-refractivity contribution < 1.29 is 37.1 Å². The van der Waals surface area contributed by atoms with Crippen molar-refractivity contribution in [3.05, 3.63) is 48.7 Å². The summed E-state index contributed by atoms with van der Waals surface area (Å²) in [6, 6.07) is 7.39. The molecule has 0 spiro atoms. The number of pyridine rings is 1. The van der Waals surface area contributed by atoms with Crippen LogP contribution in [-0.2, 0) is 29.1 Å². The largest absolute Gasteiger partial charge is 0.472 e. The molecule has 1 aromatic carbocycles. The molecule has 264 valence electrons. The Labute approximate surface area is 286 Å². The standard InChI is InChI=1S/C35H45N5O8S/c1-34(2,3)48-33(44)37-27-14-8-6-4-5-7-12-23-20-35(23,32(43)39-49(45,46)25-15-16-25)38-29(41)28-19-24(21-40(28)31(27)42)47-30-26-13-10-9-11-22(26)17-18-36-30/h7,9-13,17-18,23-25,27-28H,4-6,8,14-16,19-21H2,1-3H3,(H,37,44)(H,38,41)(H,39,43)/b12-7-/t23?,24?,27-,28-,35+/m0/s1. The first kappa shape index (κ1) is 34.7. The van der Waals surface area contributed by atoms with Gasteiger partial charge in [0.15, 0.2) is 0 Å². The van der Waals surface area contributed by atoms with Crippen LogP contribution < -0.4 is 20.1 Å². The third-order valence-corrected chi connectivity index (χ3v) is 11.3. The SMILES string of the molecule is CC(C)(C)OC(=O)N[C@H]1CCCCC/C=C\C2C[C@@]2(C(=O)NS(=O)(=O)C2CC2)NC(=O)[C@@H]2CC(Oc3nccc4ccccc34)CN2C1=O. The Morgan fingerprint density at radius 1 is 1.06 bits per heavy atom. The summed E-state index contributed by atoms with van der Waals surface area (Å²) in [5.74, 6) is -1.91. The summed E-state index contributed by atoms with van der Waals surface area (Å²) in [6.45, 7) is 5.22. The van der Waals surface area contributed by atoms with E-state index in [4.69, 9.17) is 9.47 Å². The summed E-state index contributed by atoms with van der Waals surface area (Å²) in [6.07, 6.45) is 8.59. The van der Waals surface area contributed by atoms with Crippen LogP contribution in [0.15, 0.2) is 48.7 Å². The van der Waals surface area contributed by atoms with Gasteiger partial charge in [-0.15, -0.1) is 0 Å². The van der Waals surface area contributed by atoms with E-state index in [0.29, 0.717) is 38.0 Å². The number of hydrogen-bond donors (Lipinski definition) is 3. The Morgan fingerprint density at radius 2 is 1.84 bits per heavy atom. The Kier molecular flexibility index (Phi) is 9.62. The molecule has 2 saturated carbocycles. The van der Waals surface area contributed by atoms with Crippen molar-refractivity contribution in [3.8, 4) is 5.88 Å². The predicted octanol–water partition coefficient (Wildman–Crippen LogP) is 3.48. The highest BCUT2D eigenvalue weighted by molar-refractivity contribution is 7.91. The van der Waals surface area contributed by atoms with Gasteiger partial charge >= 0.3 is 6.09 Å². The van der Waals surface area contributed by atoms with Crippen LogP contribution in [0.4, 0.5) is 4.79 Å². The molecule has 2 aliphatic heterocycles. The fraction of sp³-hybridized carbons (Fsp3) is 0.571. The average Bonchev–Trinajstić information content (AvgIpc) is 3.96. The number of alkyl carbamates (subject to hydrolysis) is 1. The first-order valence-corrected chi connectivity index (χ1v) is 18.7. The van der Waals surface area contributed by atoms with Crippen LogP contribution in [0.2, 0.25) is 0 Å². The number of carbonyl (C=O) groups excluding carboxylic acids is 4. The van der Waals surface area contributed by atoms with Gasteiger partial charge in [0, 0.05) is 23.9 Å². The van der Waals surface area contributed by atoms with Crippen molar-refractivity contribution in [3.63, 3.8) is 0 Å². The van der Waals surface area contributed by atoms with Gasteiger partial charge in [-0.1, -0.05) is 43.2 Å². The Hall–Kier alpha value is -4.20. The summed E-state index contributed by atoms with van der Waals surface area (Å²) < 4.78 is 39.5. The molecular weight excluding hydrogens is 650 g/mol. The summed E-state index contributed by atoms with van der Waals surface area (Å²) in [5.41, 5.74) is -2.27. The molecule has 2 aromatic rings. The lowest BCUT2D eigenvalue weighted by Gasteiger charge is -2.30. The number of amides is 4. The van der Waals surface area contributed by atoms with E-state index < -0.39 is 74.3 Å². The zero-order chi connectivity index (χ0) is 35.0. The van der Waals surface area contributed by atoms with Gasteiger partial charge in [0.2, 0.25) is 27.7 Å². The van der Waals surface area contributed by atoms with Crippen LogP contribution in [0.5, 0.6) is 5.88 Å². The number of carbonyl (C=O) groups is 4. The number of rotatable bonds is 6. The maximum atomic E-state index is 14.3. The van der Waals surface area contributed by atoms with Crippen LogP contribution in [-0.4, -0.2) is 83.2 Å². The minimum Gasteiger partial charge on any atom is -0.472 e. The number of ether oxygens (including phenoxy) is 2. The third-order valence-electron chi connectivity index (χ3n) is 9.45. The molecular formula is C35H45N5O8S. The summed E-state index contributed by atoms with van der Waals surface area (Å²) in [4.78, 5) is 60.9. The Bertz CT molecular complexity index is 1750. The highest BCUT2D eigenvalue weighted by Crippen LogP contribution is 2.46. The van der Waals surface area contributed by atoms with Gasteiger partial charge in [0.1, 0.15) is 29.3 Å². The molecule has 49 heavy (non-hydrogen) atoms. The number of fused-ring (bicyclic) bond motifs is 3. The quantitative estimate of drug-likeness (QED) is 0.383. The van der Waals surface area contributed by atoms with Crippen molar-refractivity contribution in [1.29, 1.82) is 0 Å². The molecule has 14 heteroatoms. The fourth-order valence-electron chi connectivity index (χ4n) is 6.64. The van der Waals surface area contributed by atoms with E-state index in [-0.39, 0.29) is 19.4 Å². The fourth-order valence-corrected chi connectivity index (χ4v) is 8.00. The van der Waals surface area contributed by atoms with E-state index in [1.165, 1.54) is 4.90 Å². The molecule has 3 heterocycles. The second-order valence-corrected chi connectivity index (χ2v) is 16.5. The van der Waals surface area contributed by atoms with E-state index >= 15 is 0 Å². The molecule has 2 aliphatic carbocycles. The van der Waals surface area contributed by atoms with E-state index in [2.05, 4.69) is 20.3 Å². The zero-order valence-electron chi connectivity index (χ0n) is 28.1. The minimum atomic E-state index is -3.87. The van der Waals surface area contributed by atoms with Gasteiger partial charge < -0.3 is 25.0 Å². The van der Waals surface area contributed by atoms with Crippen LogP contribution in [0, 0.1) is 5.92 Å². The molecule has 3 fully saturated rings. The number of nitrogens with zero attached hydrogens (tertiary/aromatic N) is 2. The van der Waals surface area contributed by atoms with Crippen LogP contribution >= 0.6 is 0 Å². The number of aromatic nitrogens is 1. The molecule has 5 atom stereocenters. The van der Waals surface area contributed by atoms with Gasteiger partial charge in [0.25, 0.3) is 5.91 Å². The lowest BCUT2D eigenvalue weighted by atomic mass is 10.0. The van der Waals surface area contributed by atoms with Crippen LogP contribution in [0.25, 0.3) is 10.8 Å². The zero-order valence-corrected chi connectivity index (χ0v) is 29.0. The second-order valence-electron chi connectivity index (χ2n) is 14.5. The number of sulfonamides is 1. The minimum absolute atomic E-state index is 0.0207. The monoisotopic (exact) mass is 695 g/mol. The lowest BCUT2D eigenvalue weighted by Crippen LogP contribution is -2.58. The van der Waals surface area contributed by atoms with Crippen molar-refractivity contribution in [2.45, 2.75) is 113 Å². The van der Waals surface area contributed by atoms with Gasteiger partial charge in [-0.05, 0) is 76.8 Å². The van der Waals surface area contributed by atoms with Crippen LogP contribution in [0.1, 0.15) is 78.6 Å². The first-order valence-electron chi connectivity index (χ1n) is 17.1. The Balaban J connectivity index is 1.30. The highest BCUT2D eigenvalue weighted by atomic mass is 32.2. The molecule has 4 amide bonds. The molecule has 1 aromatic heterocycles. The molecule has 6 rings (SSSR count). The maximum Gasteiger partial charge on any atom is 0.408 e. The van der Waals surface area contributed by atoms with Crippen LogP contribution in [0.3, 0.4) is 0 Å². The Morgan fingerprint density at radius 3 is 2.59 bits per heavy atom. The molecule has 3 N–H and O–H groups in total. The van der Waals surface area contributed by atoms with E-state index in [9.17, 15) is 27.6 Å². The van der Waals surface area contributed by atoms with Gasteiger partial charge in [0.05, 0.1) is 11.8 Å². The number of nitrogens with one attached hydrogen (secondary N) is 3. The molecule has 2 unspecified atom stereocenters. The summed E-state index contributed by atoms with van der Waals surface area (Å²) in [7, 11) is -3.87. The van der Waals surface area contributed by atoms with Crippen molar-refractivity contribution in [1.82, 2.24) is 25.2 Å². The molecule has 0 bridgehead atoms. The van der Waals surface area contributed by atoms with E-state index in [1.54, 1.807) is 27.0 Å². The summed E-state index contributed by atoms with van der Waals surface area (Å²) >= 11 is 0. The highest BCUT2D eigenvalue weighted by Gasteiger charge is 2.62. The van der Waals surface area contributed by atoms with Crippen molar-refractivity contribution >= 4 is 44.6 Å². The van der Waals surface area contributed by atoms with Crippen molar-refractivity contribution in [2.75, 3.05) is 6.54 Å². The topological polar surface area (TPSA) is 173 Å². The molecule has 0 radical (unpaired) electrons. The van der Waals surface area contributed by atoms with Gasteiger partial charge in [-0.25, -0.2) is 18.2 Å². The number of allylic oxidation sites excluding steroid dienone is 1. The number of hydrogen-bond acceptors (Lipinski definition) is 9. The van der Waals surface area contributed by atoms with Crippen molar-refractivity contribution in [2.24, 2.45) is 5.92 Å². The normalized spacial score (nSPS) is 28.6. The summed E-state index contributed by atoms with van der Waals surface area (Å²) in [5, 5.41) is 6.68. The number of benzene rings is 1. The molecule has 1 saturated heterocycles. The third kappa shape index (κ3) is 8.00. The van der Waals surface area contributed by atoms with E-state index in [0.717, 1.165) is 23.6 Å².